The highest BCUT2D eigenvalue weighted by atomic mass is 32.2. The minimum absolute atomic E-state index is 0.00910. The van der Waals surface area contributed by atoms with Gasteiger partial charge in [0.05, 0.1) is 13.7 Å². The quantitative estimate of drug-likeness (QED) is 0.329. The van der Waals surface area contributed by atoms with Crippen molar-refractivity contribution in [2.45, 2.75) is 18.9 Å². The summed E-state index contributed by atoms with van der Waals surface area (Å²) in [6.45, 7) is 0.163. The van der Waals surface area contributed by atoms with Crippen LogP contribution in [0, 0.1) is 0 Å². The highest BCUT2D eigenvalue weighted by Crippen LogP contribution is 2.01. The summed E-state index contributed by atoms with van der Waals surface area (Å²) in [4.78, 5) is 21.8. The molecule has 0 radical (unpaired) electrons. The van der Waals surface area contributed by atoms with E-state index in [1.807, 2.05) is 4.72 Å². The smallest absolute Gasteiger partial charge is 0.321 e. The SMILES string of the molecule is COCCNS(=O)(=O)N[C@H](CCC(=O)OC)C(=O)O. The molecule has 10 heteroatoms. The topological polar surface area (TPSA) is 131 Å². The minimum atomic E-state index is -3.97. The molecule has 0 saturated heterocycles. The maximum Gasteiger partial charge on any atom is 0.321 e. The highest BCUT2D eigenvalue weighted by Gasteiger charge is 2.24. The molecule has 0 saturated carbocycles. The lowest BCUT2D eigenvalue weighted by atomic mass is 10.2. The molecule has 0 heterocycles. The van der Waals surface area contributed by atoms with Crippen LogP contribution in [-0.4, -0.2) is 58.9 Å². The van der Waals surface area contributed by atoms with Crippen LogP contribution in [0.2, 0.25) is 0 Å². The third kappa shape index (κ3) is 8.48. The van der Waals surface area contributed by atoms with E-state index in [2.05, 4.69) is 14.2 Å². The Hall–Kier alpha value is -1.23. The van der Waals surface area contributed by atoms with E-state index in [1.54, 1.807) is 0 Å². The van der Waals surface area contributed by atoms with Crippen molar-refractivity contribution in [1.29, 1.82) is 0 Å². The molecule has 0 unspecified atom stereocenters. The van der Waals surface area contributed by atoms with Gasteiger partial charge in [-0.15, -0.1) is 0 Å². The molecule has 0 amide bonds. The van der Waals surface area contributed by atoms with Crippen LogP contribution >= 0.6 is 0 Å². The van der Waals surface area contributed by atoms with E-state index in [9.17, 15) is 18.0 Å². The van der Waals surface area contributed by atoms with Gasteiger partial charge in [0.15, 0.2) is 0 Å². The number of esters is 1. The summed E-state index contributed by atoms with van der Waals surface area (Å²) in [5.41, 5.74) is 0. The Balaban J connectivity index is 4.40. The molecule has 19 heavy (non-hydrogen) atoms. The van der Waals surface area contributed by atoms with Crippen LogP contribution in [0.5, 0.6) is 0 Å². The number of nitrogens with one attached hydrogen (secondary N) is 2. The summed E-state index contributed by atoms with van der Waals surface area (Å²) in [6.07, 6.45) is -0.402. The summed E-state index contributed by atoms with van der Waals surface area (Å²) >= 11 is 0. The fourth-order valence-electron chi connectivity index (χ4n) is 1.10. The first kappa shape index (κ1) is 17.8. The second-order valence-electron chi connectivity index (χ2n) is 3.51. The van der Waals surface area contributed by atoms with Crippen LogP contribution in [0.4, 0.5) is 0 Å². The Morgan fingerprint density at radius 2 is 1.95 bits per heavy atom. The Bertz CT molecular complexity index is 395. The van der Waals surface area contributed by atoms with E-state index in [-0.39, 0.29) is 26.0 Å². The highest BCUT2D eigenvalue weighted by molar-refractivity contribution is 7.87. The Kier molecular flexibility index (Phi) is 8.23. The van der Waals surface area contributed by atoms with Gasteiger partial charge in [0.25, 0.3) is 10.2 Å². The third-order valence-corrected chi connectivity index (χ3v) is 3.24. The van der Waals surface area contributed by atoms with Crippen LogP contribution in [0.15, 0.2) is 0 Å². The number of carbonyl (C=O) groups is 2. The van der Waals surface area contributed by atoms with Gasteiger partial charge in [0.2, 0.25) is 0 Å². The molecule has 3 N–H and O–H groups in total. The molecule has 9 nitrogen and oxygen atoms in total. The van der Waals surface area contributed by atoms with Crippen molar-refractivity contribution in [1.82, 2.24) is 9.44 Å². The number of carboxylic acid groups (broad SMARTS) is 1. The first-order valence-corrected chi connectivity index (χ1v) is 6.86. The standard InChI is InChI=1S/C9H18N2O7S/c1-17-6-5-10-19(15,16)11-7(9(13)14)3-4-8(12)18-2/h7,10-11H,3-6H2,1-2H3,(H,13,14)/t7-/m1/s1. The fourth-order valence-corrected chi connectivity index (χ4v) is 2.13. The summed E-state index contributed by atoms with van der Waals surface area (Å²) in [7, 11) is -1.40. The van der Waals surface area contributed by atoms with Crippen LogP contribution in [0.25, 0.3) is 0 Å². The molecule has 0 aliphatic heterocycles. The van der Waals surface area contributed by atoms with Gasteiger partial charge in [0.1, 0.15) is 6.04 Å². The summed E-state index contributed by atoms with van der Waals surface area (Å²) in [5, 5.41) is 8.86. The normalized spacial score (nSPS) is 12.9. The summed E-state index contributed by atoms with van der Waals surface area (Å²) < 4.78 is 36.0. The lowest BCUT2D eigenvalue weighted by molar-refractivity contribution is -0.142. The van der Waals surface area contributed by atoms with Gasteiger partial charge in [-0.3, -0.25) is 9.59 Å². The van der Waals surface area contributed by atoms with Gasteiger partial charge in [-0.1, -0.05) is 0 Å². The first-order chi connectivity index (χ1) is 8.82. The third-order valence-electron chi connectivity index (χ3n) is 2.06. The largest absolute Gasteiger partial charge is 0.480 e. The zero-order valence-corrected chi connectivity index (χ0v) is 11.5. The molecule has 0 aromatic carbocycles. The minimum Gasteiger partial charge on any atom is -0.480 e. The monoisotopic (exact) mass is 298 g/mol. The van der Waals surface area contributed by atoms with E-state index in [4.69, 9.17) is 5.11 Å². The number of ether oxygens (including phenoxy) is 2. The molecule has 1 atom stereocenters. The summed E-state index contributed by atoms with van der Waals surface area (Å²) in [5.74, 6) is -1.99. The average molecular weight is 298 g/mol. The number of rotatable bonds is 10. The molecule has 0 fully saturated rings. The van der Waals surface area contributed by atoms with Crippen LogP contribution in [0.3, 0.4) is 0 Å². The number of hydrogen-bond acceptors (Lipinski definition) is 6. The van der Waals surface area contributed by atoms with Crippen LogP contribution in [-0.2, 0) is 29.3 Å². The van der Waals surface area contributed by atoms with Gasteiger partial charge in [0, 0.05) is 20.1 Å². The van der Waals surface area contributed by atoms with Crippen LogP contribution in [0.1, 0.15) is 12.8 Å². The molecule has 0 aliphatic carbocycles. The Morgan fingerprint density at radius 1 is 1.32 bits per heavy atom. The van der Waals surface area contributed by atoms with Crippen molar-refractivity contribution in [3.05, 3.63) is 0 Å². The maximum absolute atomic E-state index is 11.5. The number of aliphatic carboxylic acids is 1. The zero-order chi connectivity index (χ0) is 14.9. The maximum atomic E-state index is 11.5. The van der Waals surface area contributed by atoms with Crippen molar-refractivity contribution >= 4 is 22.1 Å². The first-order valence-electron chi connectivity index (χ1n) is 5.38. The van der Waals surface area contributed by atoms with Crippen molar-refractivity contribution in [3.8, 4) is 0 Å². The van der Waals surface area contributed by atoms with E-state index in [0.29, 0.717) is 0 Å². The second-order valence-corrected chi connectivity index (χ2v) is 5.05. The lowest BCUT2D eigenvalue weighted by Crippen LogP contribution is -2.47. The zero-order valence-electron chi connectivity index (χ0n) is 10.7. The molecule has 0 aromatic rings. The number of carboxylic acids is 1. The molecule has 112 valence electrons. The van der Waals surface area contributed by atoms with Gasteiger partial charge in [-0.2, -0.15) is 17.9 Å². The lowest BCUT2D eigenvalue weighted by Gasteiger charge is -2.14. The van der Waals surface area contributed by atoms with Gasteiger partial charge in [-0.25, -0.2) is 0 Å². The molecule has 0 aromatic heterocycles. The second kappa shape index (κ2) is 8.80. The van der Waals surface area contributed by atoms with Crippen LogP contribution < -0.4 is 9.44 Å². The number of carbonyl (C=O) groups excluding carboxylic acids is 1. The van der Waals surface area contributed by atoms with E-state index >= 15 is 0 Å². The van der Waals surface area contributed by atoms with Crippen molar-refractivity contribution < 1.29 is 32.6 Å². The predicted octanol–water partition coefficient (Wildman–Crippen LogP) is -1.54. The average Bonchev–Trinajstić information content (AvgIpc) is 2.33. The predicted molar refractivity (Wildman–Crippen MR) is 64.6 cm³/mol. The molecule has 0 aliphatic rings. The van der Waals surface area contributed by atoms with Crippen molar-refractivity contribution in [3.63, 3.8) is 0 Å². The number of methoxy groups -OCH3 is 2. The van der Waals surface area contributed by atoms with Gasteiger partial charge in [-0.05, 0) is 6.42 Å². The number of hydrogen-bond donors (Lipinski definition) is 3. The van der Waals surface area contributed by atoms with Gasteiger partial charge >= 0.3 is 11.9 Å². The summed E-state index contributed by atoms with van der Waals surface area (Å²) in [6, 6.07) is -1.40. The van der Waals surface area contributed by atoms with E-state index in [1.165, 1.54) is 7.11 Å². The molecule has 0 rings (SSSR count). The van der Waals surface area contributed by atoms with E-state index in [0.717, 1.165) is 7.11 Å². The Labute approximate surface area is 111 Å². The van der Waals surface area contributed by atoms with E-state index < -0.39 is 28.2 Å². The molecular weight excluding hydrogens is 280 g/mol. The molecule has 0 spiro atoms. The van der Waals surface area contributed by atoms with Crippen molar-refractivity contribution in [2.24, 2.45) is 0 Å². The Morgan fingerprint density at radius 3 is 2.42 bits per heavy atom. The fraction of sp³-hybridized carbons (Fsp3) is 0.778. The molecule has 0 bridgehead atoms. The van der Waals surface area contributed by atoms with Gasteiger partial charge < -0.3 is 14.6 Å². The van der Waals surface area contributed by atoms with Crippen molar-refractivity contribution in [2.75, 3.05) is 27.4 Å². The molecular formula is C9H18N2O7S.